The molecular formula is C14H17NOS. The van der Waals surface area contributed by atoms with Crippen molar-refractivity contribution in [1.82, 2.24) is 0 Å². The van der Waals surface area contributed by atoms with Crippen LogP contribution in [-0.2, 0) is 10.8 Å². The SMILES string of the molecule is C=CC(S(=O)c1ccccc1)C(C)(C)CC#N. The summed E-state index contributed by atoms with van der Waals surface area (Å²) in [5, 5.41) is 8.60. The van der Waals surface area contributed by atoms with E-state index in [-0.39, 0.29) is 10.7 Å². The fourth-order valence-electron chi connectivity index (χ4n) is 1.70. The van der Waals surface area contributed by atoms with E-state index in [1.807, 2.05) is 44.2 Å². The van der Waals surface area contributed by atoms with Crippen molar-refractivity contribution < 1.29 is 4.21 Å². The highest BCUT2D eigenvalue weighted by Gasteiger charge is 2.32. The standard InChI is InChI=1S/C14H17NOS/c1-4-13(14(2,3)10-11-15)17(16)12-8-6-5-7-9-12/h4-9,13H,1,10H2,2-3H3. The number of nitriles is 1. The number of rotatable bonds is 5. The number of hydrogen-bond donors (Lipinski definition) is 0. The summed E-state index contributed by atoms with van der Waals surface area (Å²) in [5.74, 6) is 0. The van der Waals surface area contributed by atoms with Gasteiger partial charge in [0, 0.05) is 11.3 Å². The first-order chi connectivity index (χ1) is 8.03. The molecule has 2 atom stereocenters. The van der Waals surface area contributed by atoms with Gasteiger partial charge in [-0.25, -0.2) is 0 Å². The molecule has 1 rings (SSSR count). The lowest BCUT2D eigenvalue weighted by Gasteiger charge is -2.29. The highest BCUT2D eigenvalue weighted by Crippen LogP contribution is 2.31. The largest absolute Gasteiger partial charge is 0.254 e. The highest BCUT2D eigenvalue weighted by atomic mass is 32.2. The Morgan fingerprint density at radius 1 is 1.47 bits per heavy atom. The molecule has 0 aliphatic rings. The van der Waals surface area contributed by atoms with Gasteiger partial charge in [-0.15, -0.1) is 6.58 Å². The minimum atomic E-state index is -1.16. The van der Waals surface area contributed by atoms with Crippen LogP contribution in [0.4, 0.5) is 0 Å². The number of hydrogen-bond acceptors (Lipinski definition) is 2. The van der Waals surface area contributed by atoms with Crippen LogP contribution in [0.5, 0.6) is 0 Å². The van der Waals surface area contributed by atoms with Crippen molar-refractivity contribution in [1.29, 1.82) is 5.26 Å². The minimum Gasteiger partial charge on any atom is -0.254 e. The summed E-state index contributed by atoms with van der Waals surface area (Å²) >= 11 is 0. The van der Waals surface area contributed by atoms with Gasteiger partial charge in [0.15, 0.2) is 0 Å². The molecular weight excluding hydrogens is 230 g/mol. The van der Waals surface area contributed by atoms with Gasteiger partial charge in [-0.3, -0.25) is 4.21 Å². The Labute approximate surface area is 105 Å². The van der Waals surface area contributed by atoms with E-state index in [9.17, 15) is 4.21 Å². The molecule has 2 unspecified atom stereocenters. The minimum absolute atomic E-state index is 0.218. The molecule has 0 radical (unpaired) electrons. The van der Waals surface area contributed by atoms with Crippen LogP contribution in [0.3, 0.4) is 0 Å². The summed E-state index contributed by atoms with van der Waals surface area (Å²) in [7, 11) is -1.16. The van der Waals surface area contributed by atoms with Crippen LogP contribution in [-0.4, -0.2) is 9.46 Å². The highest BCUT2D eigenvalue weighted by molar-refractivity contribution is 7.86. The molecule has 0 N–H and O–H groups in total. The van der Waals surface area contributed by atoms with Gasteiger partial charge in [-0.05, 0) is 17.5 Å². The van der Waals surface area contributed by atoms with Crippen LogP contribution in [0.15, 0.2) is 47.9 Å². The maximum absolute atomic E-state index is 12.4. The molecule has 0 fully saturated rings. The monoisotopic (exact) mass is 247 g/mol. The van der Waals surface area contributed by atoms with Crippen molar-refractivity contribution in [3.8, 4) is 6.07 Å². The lowest BCUT2D eigenvalue weighted by molar-refractivity contribution is 0.387. The van der Waals surface area contributed by atoms with Crippen LogP contribution in [0, 0.1) is 16.7 Å². The van der Waals surface area contributed by atoms with Crippen LogP contribution in [0.1, 0.15) is 20.3 Å². The van der Waals surface area contributed by atoms with Gasteiger partial charge in [-0.1, -0.05) is 38.1 Å². The van der Waals surface area contributed by atoms with E-state index in [4.69, 9.17) is 5.26 Å². The second-order valence-electron chi connectivity index (χ2n) is 4.59. The molecule has 1 aromatic rings. The first-order valence-electron chi connectivity index (χ1n) is 5.48. The smallest absolute Gasteiger partial charge is 0.0632 e. The molecule has 0 aliphatic carbocycles. The molecule has 0 aromatic heterocycles. The van der Waals surface area contributed by atoms with Gasteiger partial charge in [0.2, 0.25) is 0 Å². The average molecular weight is 247 g/mol. The summed E-state index contributed by atoms with van der Waals surface area (Å²) in [4.78, 5) is 0.781. The second kappa shape index (κ2) is 5.79. The maximum Gasteiger partial charge on any atom is 0.0632 e. The van der Waals surface area contributed by atoms with Crippen LogP contribution in [0.25, 0.3) is 0 Å². The van der Waals surface area contributed by atoms with E-state index in [0.717, 1.165) is 4.90 Å². The lowest BCUT2D eigenvalue weighted by atomic mass is 9.86. The molecule has 90 valence electrons. The third kappa shape index (κ3) is 3.28. The molecule has 1 aromatic carbocycles. The van der Waals surface area contributed by atoms with E-state index in [2.05, 4.69) is 12.6 Å². The Hall–Kier alpha value is -1.40. The van der Waals surface area contributed by atoms with Gasteiger partial charge < -0.3 is 0 Å². The molecule has 0 amide bonds. The molecule has 0 spiro atoms. The van der Waals surface area contributed by atoms with Crippen molar-refractivity contribution in [2.45, 2.75) is 30.4 Å². The molecule has 2 nitrogen and oxygen atoms in total. The predicted molar refractivity (Wildman–Crippen MR) is 70.8 cm³/mol. The number of nitrogens with zero attached hydrogens (tertiary/aromatic N) is 1. The zero-order chi connectivity index (χ0) is 12.9. The van der Waals surface area contributed by atoms with Crippen LogP contribution in [0.2, 0.25) is 0 Å². The van der Waals surface area contributed by atoms with E-state index >= 15 is 0 Å². The van der Waals surface area contributed by atoms with Crippen molar-refractivity contribution in [2.24, 2.45) is 5.41 Å². The average Bonchev–Trinajstić information content (AvgIpc) is 2.30. The van der Waals surface area contributed by atoms with Crippen LogP contribution >= 0.6 is 0 Å². The summed E-state index contributed by atoms with van der Waals surface area (Å²) in [6.07, 6.45) is 2.06. The summed E-state index contributed by atoms with van der Waals surface area (Å²) < 4.78 is 12.4. The Morgan fingerprint density at radius 3 is 2.53 bits per heavy atom. The Balaban J connectivity index is 3.01. The topological polar surface area (TPSA) is 40.9 Å². The summed E-state index contributed by atoms with van der Waals surface area (Å²) in [5.41, 5.74) is -0.336. The zero-order valence-electron chi connectivity index (χ0n) is 10.2. The van der Waals surface area contributed by atoms with Gasteiger partial charge in [0.05, 0.1) is 22.1 Å². The van der Waals surface area contributed by atoms with E-state index in [1.54, 1.807) is 6.08 Å². The molecule has 17 heavy (non-hydrogen) atoms. The fourth-order valence-corrected chi connectivity index (χ4v) is 3.26. The van der Waals surface area contributed by atoms with Crippen molar-refractivity contribution in [2.75, 3.05) is 0 Å². The van der Waals surface area contributed by atoms with Gasteiger partial charge >= 0.3 is 0 Å². The second-order valence-corrected chi connectivity index (χ2v) is 6.16. The Morgan fingerprint density at radius 2 is 2.06 bits per heavy atom. The molecule has 3 heteroatoms. The third-order valence-electron chi connectivity index (χ3n) is 2.73. The van der Waals surface area contributed by atoms with Crippen LogP contribution < -0.4 is 0 Å². The summed E-state index contributed by atoms with van der Waals surface area (Å²) in [6, 6.07) is 11.5. The molecule has 0 aliphatic heterocycles. The van der Waals surface area contributed by atoms with Crippen molar-refractivity contribution in [3.63, 3.8) is 0 Å². The fraction of sp³-hybridized carbons (Fsp3) is 0.357. The normalized spacial score (nSPS) is 14.6. The molecule has 0 saturated carbocycles. The maximum atomic E-state index is 12.4. The van der Waals surface area contributed by atoms with Gasteiger partial charge in [0.1, 0.15) is 0 Å². The summed E-state index contributed by atoms with van der Waals surface area (Å²) in [6.45, 7) is 7.65. The number of benzene rings is 1. The van der Waals surface area contributed by atoms with Gasteiger partial charge in [-0.2, -0.15) is 5.26 Å². The third-order valence-corrected chi connectivity index (χ3v) is 4.75. The van der Waals surface area contributed by atoms with E-state index < -0.39 is 10.8 Å². The first-order valence-corrected chi connectivity index (χ1v) is 6.69. The zero-order valence-corrected chi connectivity index (χ0v) is 11.0. The van der Waals surface area contributed by atoms with Crippen molar-refractivity contribution in [3.05, 3.63) is 43.0 Å². The molecule has 0 heterocycles. The Bertz CT molecular complexity index is 445. The molecule has 0 saturated heterocycles. The molecule has 0 bridgehead atoms. The van der Waals surface area contributed by atoms with Crippen molar-refractivity contribution >= 4 is 10.8 Å². The lowest BCUT2D eigenvalue weighted by Crippen LogP contribution is -2.31. The quantitative estimate of drug-likeness (QED) is 0.749. The Kier molecular flexibility index (Phi) is 4.65. The first kappa shape index (κ1) is 13.7. The van der Waals surface area contributed by atoms with Gasteiger partial charge in [0.25, 0.3) is 0 Å². The van der Waals surface area contributed by atoms with E-state index in [1.165, 1.54) is 0 Å². The predicted octanol–water partition coefficient (Wildman–Crippen LogP) is 3.29. The van der Waals surface area contributed by atoms with E-state index in [0.29, 0.717) is 6.42 Å².